The smallest absolute Gasteiger partial charge is 0.204 e. The Morgan fingerprint density at radius 1 is 1.37 bits per heavy atom. The lowest BCUT2D eigenvalue weighted by molar-refractivity contribution is 0.475. The van der Waals surface area contributed by atoms with Crippen molar-refractivity contribution < 1.29 is 5.11 Å². The fraction of sp³-hybridized carbons (Fsp3) is 0.357. The average molecular weight is 260 g/mol. The van der Waals surface area contributed by atoms with Gasteiger partial charge in [0.25, 0.3) is 0 Å². The third kappa shape index (κ3) is 2.81. The minimum atomic E-state index is 0.290. The van der Waals surface area contributed by atoms with Crippen LogP contribution in [-0.4, -0.2) is 28.8 Å². The second kappa shape index (κ2) is 5.22. The van der Waals surface area contributed by atoms with Gasteiger partial charge in [-0.15, -0.1) is 0 Å². The molecule has 0 unspecified atom stereocenters. The highest BCUT2D eigenvalue weighted by Gasteiger charge is 2.08. The number of aryl methyl sites for hydroxylation is 1. The molecule has 0 spiro atoms. The van der Waals surface area contributed by atoms with Gasteiger partial charge in [0.15, 0.2) is 0 Å². The summed E-state index contributed by atoms with van der Waals surface area (Å²) in [5.41, 5.74) is 3.15. The van der Waals surface area contributed by atoms with E-state index in [1.807, 2.05) is 45.2 Å². The molecule has 2 rings (SSSR count). The Morgan fingerprint density at radius 2 is 2.11 bits per heavy atom. The summed E-state index contributed by atoms with van der Waals surface area (Å²) >= 11 is 0. The van der Waals surface area contributed by atoms with Gasteiger partial charge in [0.1, 0.15) is 5.75 Å². The quantitative estimate of drug-likeness (QED) is 0.827. The first-order valence-electron chi connectivity index (χ1n) is 6.20. The molecule has 0 amide bonds. The molecule has 2 aromatic rings. The van der Waals surface area contributed by atoms with E-state index in [1.165, 1.54) is 0 Å². The first kappa shape index (κ1) is 13.3. The minimum absolute atomic E-state index is 0.290. The number of benzene rings is 1. The van der Waals surface area contributed by atoms with Crippen molar-refractivity contribution in [2.24, 2.45) is 7.05 Å². The monoisotopic (exact) mass is 260 g/mol. The van der Waals surface area contributed by atoms with Gasteiger partial charge in [-0.3, -0.25) is 0 Å². The fourth-order valence-corrected chi connectivity index (χ4v) is 2.05. The number of anilines is 2. The van der Waals surface area contributed by atoms with E-state index in [0.717, 1.165) is 22.9 Å². The van der Waals surface area contributed by atoms with E-state index in [2.05, 4.69) is 14.9 Å². The van der Waals surface area contributed by atoms with E-state index in [4.69, 9.17) is 0 Å². The van der Waals surface area contributed by atoms with Gasteiger partial charge >= 0.3 is 0 Å². The summed E-state index contributed by atoms with van der Waals surface area (Å²) in [6, 6.07) is 5.31. The third-order valence-electron chi connectivity index (χ3n) is 3.13. The van der Waals surface area contributed by atoms with Crippen LogP contribution in [0, 0.1) is 6.92 Å². The number of imidazole rings is 1. The maximum absolute atomic E-state index is 9.38. The average Bonchev–Trinajstić information content (AvgIpc) is 2.70. The summed E-state index contributed by atoms with van der Waals surface area (Å²) in [5.74, 6) is 1.22. The number of rotatable bonds is 4. The Hall–Kier alpha value is -2.17. The third-order valence-corrected chi connectivity index (χ3v) is 3.13. The van der Waals surface area contributed by atoms with Gasteiger partial charge in [0, 0.05) is 26.8 Å². The van der Waals surface area contributed by atoms with Crippen LogP contribution in [-0.2, 0) is 13.6 Å². The van der Waals surface area contributed by atoms with E-state index < -0.39 is 0 Å². The van der Waals surface area contributed by atoms with Crippen molar-refractivity contribution in [1.29, 1.82) is 0 Å². The van der Waals surface area contributed by atoms with Gasteiger partial charge in [0.05, 0.1) is 18.4 Å². The molecule has 2 N–H and O–H groups in total. The lowest BCUT2D eigenvalue weighted by Gasteiger charge is -2.14. The molecule has 0 saturated carbocycles. The lowest BCUT2D eigenvalue weighted by atomic mass is 10.2. The number of phenolic OH excluding ortho intramolecular Hbond substituents is 1. The highest BCUT2D eigenvalue weighted by Crippen LogP contribution is 2.21. The number of hydrogen-bond acceptors (Lipinski definition) is 4. The molecule has 5 heteroatoms. The van der Waals surface area contributed by atoms with Crippen LogP contribution in [0.5, 0.6) is 5.75 Å². The molecule has 102 valence electrons. The van der Waals surface area contributed by atoms with Crippen molar-refractivity contribution in [3.05, 3.63) is 35.7 Å². The summed E-state index contributed by atoms with van der Waals surface area (Å²) in [4.78, 5) is 6.35. The summed E-state index contributed by atoms with van der Waals surface area (Å²) in [6.07, 6.45) is 1.87. The molecule has 0 saturated heterocycles. The number of aromatic hydroxyl groups is 1. The molecule has 0 atom stereocenters. The second-order valence-corrected chi connectivity index (χ2v) is 4.86. The number of phenols is 1. The van der Waals surface area contributed by atoms with Gasteiger partial charge in [-0.1, -0.05) is 0 Å². The molecule has 1 heterocycles. The second-order valence-electron chi connectivity index (χ2n) is 4.86. The highest BCUT2D eigenvalue weighted by atomic mass is 16.3. The fourth-order valence-electron chi connectivity index (χ4n) is 2.05. The SMILES string of the molecule is Cc1cc(O)ccc1NCc1cnc(N(C)C)n1C. The Kier molecular flexibility index (Phi) is 3.64. The highest BCUT2D eigenvalue weighted by molar-refractivity contribution is 5.53. The zero-order valence-corrected chi connectivity index (χ0v) is 11.8. The predicted octanol–water partition coefficient (Wildman–Crippen LogP) is 2.11. The predicted molar refractivity (Wildman–Crippen MR) is 77.7 cm³/mol. The van der Waals surface area contributed by atoms with Gasteiger partial charge < -0.3 is 19.9 Å². The molecule has 19 heavy (non-hydrogen) atoms. The van der Waals surface area contributed by atoms with Crippen molar-refractivity contribution in [3.63, 3.8) is 0 Å². The van der Waals surface area contributed by atoms with Crippen LogP contribution in [0.15, 0.2) is 24.4 Å². The Morgan fingerprint density at radius 3 is 2.68 bits per heavy atom. The van der Waals surface area contributed by atoms with Gasteiger partial charge in [-0.2, -0.15) is 0 Å². The number of hydrogen-bond donors (Lipinski definition) is 2. The van der Waals surface area contributed by atoms with Crippen LogP contribution in [0.4, 0.5) is 11.6 Å². The van der Waals surface area contributed by atoms with Crippen LogP contribution in [0.3, 0.4) is 0 Å². The van der Waals surface area contributed by atoms with Crippen molar-refractivity contribution >= 4 is 11.6 Å². The molecule has 0 fully saturated rings. The molecule has 0 aliphatic carbocycles. The Labute approximate surface area is 113 Å². The van der Waals surface area contributed by atoms with E-state index in [9.17, 15) is 5.11 Å². The molecule has 0 radical (unpaired) electrons. The molecule has 1 aromatic heterocycles. The molecular weight excluding hydrogens is 240 g/mol. The molecule has 0 bridgehead atoms. The summed E-state index contributed by atoms with van der Waals surface area (Å²) in [7, 11) is 5.95. The van der Waals surface area contributed by atoms with Crippen LogP contribution in [0.2, 0.25) is 0 Å². The van der Waals surface area contributed by atoms with Crippen LogP contribution in [0.1, 0.15) is 11.3 Å². The first-order valence-corrected chi connectivity index (χ1v) is 6.20. The minimum Gasteiger partial charge on any atom is -0.508 e. The standard InChI is InChI=1S/C14H20N4O/c1-10-7-12(19)5-6-13(10)15-8-11-9-16-14(17(2)3)18(11)4/h5-7,9,15,19H,8H2,1-4H3. The van der Waals surface area contributed by atoms with Gasteiger partial charge in [-0.05, 0) is 30.7 Å². The zero-order chi connectivity index (χ0) is 14.0. The molecule has 5 nitrogen and oxygen atoms in total. The van der Waals surface area contributed by atoms with Gasteiger partial charge in [0.2, 0.25) is 5.95 Å². The van der Waals surface area contributed by atoms with Gasteiger partial charge in [-0.25, -0.2) is 4.98 Å². The van der Waals surface area contributed by atoms with E-state index >= 15 is 0 Å². The zero-order valence-electron chi connectivity index (χ0n) is 11.8. The normalized spacial score (nSPS) is 10.5. The molecule has 0 aliphatic heterocycles. The van der Waals surface area contributed by atoms with Crippen molar-refractivity contribution in [2.75, 3.05) is 24.3 Å². The van der Waals surface area contributed by atoms with E-state index in [1.54, 1.807) is 12.1 Å². The summed E-state index contributed by atoms with van der Waals surface area (Å²) in [5, 5.41) is 12.7. The number of nitrogens with zero attached hydrogens (tertiary/aromatic N) is 3. The maximum Gasteiger partial charge on any atom is 0.204 e. The summed E-state index contributed by atoms with van der Waals surface area (Å²) < 4.78 is 2.06. The molecule has 0 aliphatic rings. The van der Waals surface area contributed by atoms with Crippen LogP contribution in [0.25, 0.3) is 0 Å². The van der Waals surface area contributed by atoms with Crippen molar-refractivity contribution in [2.45, 2.75) is 13.5 Å². The molecular formula is C14H20N4O. The van der Waals surface area contributed by atoms with Crippen LogP contribution < -0.4 is 10.2 Å². The van der Waals surface area contributed by atoms with E-state index in [-0.39, 0.29) is 0 Å². The first-order chi connectivity index (χ1) is 8.99. The topological polar surface area (TPSA) is 53.3 Å². The Bertz CT molecular complexity index is 575. The number of aromatic nitrogens is 2. The summed E-state index contributed by atoms with van der Waals surface area (Å²) in [6.45, 7) is 2.67. The maximum atomic E-state index is 9.38. The lowest BCUT2D eigenvalue weighted by Crippen LogP contribution is -2.15. The molecule has 1 aromatic carbocycles. The number of nitrogens with one attached hydrogen (secondary N) is 1. The van der Waals surface area contributed by atoms with Crippen molar-refractivity contribution in [3.8, 4) is 5.75 Å². The van der Waals surface area contributed by atoms with E-state index in [0.29, 0.717) is 12.3 Å². The Balaban J connectivity index is 2.10. The largest absolute Gasteiger partial charge is 0.508 e. The van der Waals surface area contributed by atoms with Crippen LogP contribution >= 0.6 is 0 Å². The van der Waals surface area contributed by atoms with Crippen molar-refractivity contribution in [1.82, 2.24) is 9.55 Å².